The standard InChI is InChI=1S/C15H27NO2Si/c1-7-13-19(17-5,18-6)16(15(2,3)4)14-11-9-8-10-12-14/h8-12H,7,13H2,1-6H3. The van der Waals surface area contributed by atoms with Crippen LogP contribution in [-0.4, -0.2) is 28.5 Å². The van der Waals surface area contributed by atoms with Crippen LogP contribution in [0, 0.1) is 0 Å². The SMILES string of the molecule is CCC[Si](OC)(OC)N(c1ccccc1)C(C)(C)C. The number of hydrogen-bond acceptors (Lipinski definition) is 3. The molecular weight excluding hydrogens is 254 g/mol. The second kappa shape index (κ2) is 6.55. The molecule has 0 N–H and O–H groups in total. The molecule has 0 atom stereocenters. The highest BCUT2D eigenvalue weighted by atomic mass is 28.4. The van der Waals surface area contributed by atoms with E-state index in [1.54, 1.807) is 14.2 Å². The van der Waals surface area contributed by atoms with Gasteiger partial charge in [0.25, 0.3) is 0 Å². The van der Waals surface area contributed by atoms with Crippen LogP contribution in [-0.2, 0) is 8.85 Å². The van der Waals surface area contributed by atoms with E-state index < -0.39 is 8.72 Å². The molecule has 3 nitrogen and oxygen atoms in total. The topological polar surface area (TPSA) is 21.7 Å². The van der Waals surface area contributed by atoms with Crippen LogP contribution < -0.4 is 4.57 Å². The molecular formula is C15H27NO2Si. The fourth-order valence-electron chi connectivity index (χ4n) is 2.57. The number of anilines is 1. The predicted octanol–water partition coefficient (Wildman–Crippen LogP) is 3.93. The minimum atomic E-state index is -2.42. The minimum Gasteiger partial charge on any atom is -0.382 e. The van der Waals surface area contributed by atoms with Crippen LogP contribution in [0.5, 0.6) is 0 Å². The molecule has 0 spiro atoms. The van der Waals surface area contributed by atoms with Crippen LogP contribution >= 0.6 is 0 Å². The van der Waals surface area contributed by atoms with Gasteiger partial charge in [-0.05, 0) is 32.9 Å². The molecule has 0 aromatic heterocycles. The molecule has 1 aromatic carbocycles. The zero-order valence-corrected chi connectivity index (χ0v) is 14.1. The maximum absolute atomic E-state index is 5.91. The van der Waals surface area contributed by atoms with E-state index in [0.717, 1.165) is 12.5 Å². The van der Waals surface area contributed by atoms with Crippen molar-refractivity contribution in [2.24, 2.45) is 0 Å². The maximum Gasteiger partial charge on any atom is 0.459 e. The summed E-state index contributed by atoms with van der Waals surface area (Å²) in [7, 11) is 1.13. The Kier molecular flexibility index (Phi) is 5.59. The fourth-order valence-corrected chi connectivity index (χ4v) is 5.93. The molecule has 0 heterocycles. The van der Waals surface area contributed by atoms with Gasteiger partial charge in [-0.1, -0.05) is 31.5 Å². The monoisotopic (exact) mass is 281 g/mol. The fraction of sp³-hybridized carbons (Fsp3) is 0.600. The van der Waals surface area contributed by atoms with E-state index in [1.165, 1.54) is 5.69 Å². The predicted molar refractivity (Wildman–Crippen MR) is 83.5 cm³/mol. The van der Waals surface area contributed by atoms with Crippen LogP contribution in [0.15, 0.2) is 30.3 Å². The summed E-state index contributed by atoms with van der Waals surface area (Å²) in [5, 5.41) is 0. The Morgan fingerprint density at radius 1 is 1.05 bits per heavy atom. The second-order valence-corrected chi connectivity index (χ2v) is 8.90. The molecule has 108 valence electrons. The Hall–Kier alpha value is -0.843. The molecule has 0 amide bonds. The second-order valence-electron chi connectivity index (χ2n) is 5.71. The number of hydrogen-bond donors (Lipinski definition) is 0. The van der Waals surface area contributed by atoms with Crippen molar-refractivity contribution in [1.29, 1.82) is 0 Å². The normalized spacial score (nSPS) is 12.5. The molecule has 1 rings (SSSR count). The Morgan fingerprint density at radius 3 is 1.95 bits per heavy atom. The van der Waals surface area contributed by atoms with Crippen LogP contribution in [0.4, 0.5) is 5.69 Å². The summed E-state index contributed by atoms with van der Waals surface area (Å²) in [6, 6.07) is 11.4. The first-order chi connectivity index (χ1) is 8.91. The Balaban J connectivity index is 3.30. The van der Waals surface area contributed by atoms with Crippen molar-refractivity contribution in [1.82, 2.24) is 0 Å². The molecule has 0 radical (unpaired) electrons. The van der Waals surface area contributed by atoms with Gasteiger partial charge in [0.1, 0.15) is 0 Å². The molecule has 0 bridgehead atoms. The Bertz CT molecular complexity index is 371. The molecule has 4 heteroatoms. The van der Waals surface area contributed by atoms with E-state index in [4.69, 9.17) is 8.85 Å². The van der Waals surface area contributed by atoms with Gasteiger partial charge < -0.3 is 13.4 Å². The van der Waals surface area contributed by atoms with Gasteiger partial charge in [0.05, 0.1) is 0 Å². The van der Waals surface area contributed by atoms with Crippen molar-refractivity contribution in [3.8, 4) is 0 Å². The smallest absolute Gasteiger partial charge is 0.382 e. The van der Waals surface area contributed by atoms with Gasteiger partial charge in [0.2, 0.25) is 0 Å². The first kappa shape index (κ1) is 16.2. The molecule has 0 saturated carbocycles. The molecule has 0 aliphatic heterocycles. The summed E-state index contributed by atoms with van der Waals surface area (Å²) in [6.07, 6.45) is 1.05. The lowest BCUT2D eigenvalue weighted by atomic mass is 10.1. The average molecular weight is 281 g/mol. The van der Waals surface area contributed by atoms with Gasteiger partial charge in [0, 0.05) is 31.5 Å². The summed E-state index contributed by atoms with van der Waals surface area (Å²) >= 11 is 0. The van der Waals surface area contributed by atoms with Gasteiger partial charge in [-0.3, -0.25) is 0 Å². The average Bonchev–Trinajstić information content (AvgIpc) is 2.37. The molecule has 0 fully saturated rings. The van der Waals surface area contributed by atoms with Gasteiger partial charge in [-0.25, -0.2) is 0 Å². The Labute approximate surface area is 118 Å². The molecule has 0 aliphatic carbocycles. The summed E-state index contributed by atoms with van der Waals surface area (Å²) in [5.74, 6) is 0. The van der Waals surface area contributed by atoms with E-state index >= 15 is 0 Å². The molecule has 1 aromatic rings. The minimum absolute atomic E-state index is 0.0469. The molecule has 0 saturated heterocycles. The van der Waals surface area contributed by atoms with E-state index in [2.05, 4.69) is 56.5 Å². The van der Waals surface area contributed by atoms with Crippen molar-refractivity contribution in [2.75, 3.05) is 18.8 Å². The van der Waals surface area contributed by atoms with Gasteiger partial charge in [-0.15, -0.1) is 0 Å². The molecule has 0 unspecified atom stereocenters. The van der Waals surface area contributed by atoms with Crippen molar-refractivity contribution in [2.45, 2.75) is 45.7 Å². The third kappa shape index (κ3) is 3.59. The van der Waals surface area contributed by atoms with Crippen molar-refractivity contribution in [3.05, 3.63) is 30.3 Å². The van der Waals surface area contributed by atoms with Crippen molar-refractivity contribution >= 4 is 14.4 Å². The lowest BCUT2D eigenvalue weighted by molar-refractivity contribution is 0.227. The molecule has 0 aliphatic rings. The zero-order valence-electron chi connectivity index (χ0n) is 13.1. The van der Waals surface area contributed by atoms with Crippen LogP contribution in [0.3, 0.4) is 0 Å². The van der Waals surface area contributed by atoms with Crippen molar-refractivity contribution < 1.29 is 8.85 Å². The maximum atomic E-state index is 5.91. The number of para-hydroxylation sites is 1. The van der Waals surface area contributed by atoms with Gasteiger partial charge in [0.15, 0.2) is 0 Å². The van der Waals surface area contributed by atoms with Crippen LogP contribution in [0.2, 0.25) is 6.04 Å². The first-order valence-corrected chi connectivity index (χ1v) is 8.84. The highest BCUT2D eigenvalue weighted by Crippen LogP contribution is 2.33. The lowest BCUT2D eigenvalue weighted by Gasteiger charge is -2.47. The highest BCUT2D eigenvalue weighted by Gasteiger charge is 2.47. The largest absolute Gasteiger partial charge is 0.459 e. The lowest BCUT2D eigenvalue weighted by Crippen LogP contribution is -2.64. The van der Waals surface area contributed by atoms with Crippen LogP contribution in [0.1, 0.15) is 34.1 Å². The summed E-state index contributed by atoms with van der Waals surface area (Å²) in [6.45, 7) is 8.78. The van der Waals surface area contributed by atoms with Crippen LogP contribution in [0.25, 0.3) is 0 Å². The summed E-state index contributed by atoms with van der Waals surface area (Å²) < 4.78 is 14.2. The summed E-state index contributed by atoms with van der Waals surface area (Å²) in [4.78, 5) is 0. The zero-order chi connectivity index (χ0) is 14.5. The highest BCUT2D eigenvalue weighted by molar-refractivity contribution is 6.71. The Morgan fingerprint density at radius 2 is 1.58 bits per heavy atom. The number of rotatable bonds is 6. The number of benzene rings is 1. The van der Waals surface area contributed by atoms with E-state index in [-0.39, 0.29) is 5.54 Å². The first-order valence-electron chi connectivity index (χ1n) is 6.87. The third-order valence-corrected chi connectivity index (χ3v) is 7.25. The third-order valence-electron chi connectivity index (χ3n) is 3.23. The van der Waals surface area contributed by atoms with E-state index in [1.807, 2.05) is 6.07 Å². The van der Waals surface area contributed by atoms with Gasteiger partial charge >= 0.3 is 8.72 Å². The van der Waals surface area contributed by atoms with E-state index in [9.17, 15) is 0 Å². The quantitative estimate of drug-likeness (QED) is 0.737. The van der Waals surface area contributed by atoms with Crippen molar-refractivity contribution in [3.63, 3.8) is 0 Å². The van der Waals surface area contributed by atoms with E-state index in [0.29, 0.717) is 0 Å². The summed E-state index contributed by atoms with van der Waals surface area (Å²) in [5.41, 5.74) is 1.12. The molecule has 19 heavy (non-hydrogen) atoms. The van der Waals surface area contributed by atoms with Gasteiger partial charge in [-0.2, -0.15) is 0 Å². The number of nitrogens with zero attached hydrogens (tertiary/aromatic N) is 1.